The van der Waals surface area contributed by atoms with Crippen LogP contribution in [0.1, 0.15) is 5.56 Å². The van der Waals surface area contributed by atoms with E-state index in [1.807, 2.05) is 12.1 Å². The van der Waals surface area contributed by atoms with Crippen LogP contribution in [0.3, 0.4) is 0 Å². The number of halogens is 3. The number of benzene rings is 1. The Bertz CT molecular complexity index is 185. The van der Waals surface area contributed by atoms with Crippen LogP contribution in [-0.2, 0) is 4.44 Å². The van der Waals surface area contributed by atoms with Gasteiger partial charge in [0.2, 0.25) is 0 Å². The van der Waals surface area contributed by atoms with Crippen LogP contribution in [0, 0.1) is 0 Å². The van der Waals surface area contributed by atoms with Crippen molar-refractivity contribution in [2.45, 2.75) is 4.44 Å². The van der Waals surface area contributed by atoms with Crippen LogP contribution in [-0.4, -0.2) is 22.5 Å². The summed E-state index contributed by atoms with van der Waals surface area (Å²) in [4.78, 5) is 0. The third-order valence-corrected chi connectivity index (χ3v) is 3.90. The molecule has 62 valence electrons. The quantitative estimate of drug-likeness (QED) is 0.456. The van der Waals surface area contributed by atoms with E-state index < -0.39 is 0 Å². The molecule has 1 rings (SSSR count). The molecule has 0 amide bonds. The predicted molar refractivity (Wildman–Crippen MR) is 45.1 cm³/mol. The summed E-state index contributed by atoms with van der Waals surface area (Å²) < 4.78 is 1.29. The summed E-state index contributed by atoms with van der Waals surface area (Å²) in [5.41, 5.74) is 1.43. The minimum atomic E-state index is 0. The number of hydrogen-bond acceptors (Lipinski definition) is 0. The summed E-state index contributed by atoms with van der Waals surface area (Å²) >= 11 is 6.46. The second-order valence-electron chi connectivity index (χ2n) is 1.98. The molecule has 2 radical (unpaired) electrons. The maximum Gasteiger partial charge on any atom is -1.00 e. The van der Waals surface area contributed by atoms with Gasteiger partial charge in [0, 0.05) is 0 Å². The zero-order chi connectivity index (χ0) is 6.69. The van der Waals surface area contributed by atoms with Gasteiger partial charge in [-0.2, -0.15) is 0 Å². The molecule has 0 aromatic heterocycles. The fraction of sp³-hybridized carbons (Fsp3) is 0.143. The van der Waals surface area contributed by atoms with E-state index >= 15 is 0 Å². The smallest absolute Gasteiger partial charge is 1.00 e. The fourth-order valence-electron chi connectivity index (χ4n) is 0.720. The maximum atomic E-state index is 5.69. The van der Waals surface area contributed by atoms with Gasteiger partial charge in [-0.05, 0) is 0 Å². The molecule has 0 spiro atoms. The van der Waals surface area contributed by atoms with Gasteiger partial charge in [0.05, 0.1) is 0 Å². The van der Waals surface area contributed by atoms with Gasteiger partial charge in [-0.3, -0.25) is 0 Å². The Balaban J connectivity index is 0. The van der Waals surface area contributed by atoms with E-state index in [1.165, 1.54) is 10.0 Å². The Kier molecular flexibility index (Phi) is 9.87. The van der Waals surface area contributed by atoms with Crippen LogP contribution >= 0.6 is 11.6 Å². The first-order chi connectivity index (χ1) is 4.33. The van der Waals surface area contributed by atoms with Crippen LogP contribution in [0.4, 0.5) is 0 Å². The van der Waals surface area contributed by atoms with E-state index in [-0.39, 0.29) is 24.8 Å². The molecule has 0 saturated heterocycles. The summed E-state index contributed by atoms with van der Waals surface area (Å²) in [6, 6.07) is 8.09. The van der Waals surface area contributed by atoms with Gasteiger partial charge < -0.3 is 24.8 Å². The Morgan fingerprint density at radius 3 is 1.91 bits per heavy atom. The Morgan fingerprint density at radius 2 is 1.55 bits per heavy atom. The predicted octanol–water partition coefficient (Wildman–Crippen LogP) is -4.79. The first-order valence-corrected chi connectivity index (χ1v) is 7.49. The first-order valence-electron chi connectivity index (χ1n) is 3.07. The van der Waals surface area contributed by atoms with E-state index in [0.717, 1.165) is 27.5 Å². The van der Waals surface area contributed by atoms with Crippen LogP contribution in [0.2, 0.25) is 5.02 Å². The summed E-state index contributed by atoms with van der Waals surface area (Å²) in [5.74, 6) is 0. The van der Waals surface area contributed by atoms with Gasteiger partial charge in [0.15, 0.2) is 0 Å². The molecule has 0 bridgehead atoms. The summed E-state index contributed by atoms with van der Waals surface area (Å²) in [5, 5.41) is 0.836. The van der Waals surface area contributed by atoms with Crippen molar-refractivity contribution in [2.75, 3.05) is 0 Å². The Labute approximate surface area is 97.6 Å². The Hall–Kier alpha value is 0.889. The number of rotatable bonds is 1. The zero-order valence-corrected chi connectivity index (χ0v) is 14.1. The van der Waals surface area contributed by atoms with Gasteiger partial charge in [0.1, 0.15) is 0 Å². The van der Waals surface area contributed by atoms with E-state index in [2.05, 4.69) is 12.1 Å². The summed E-state index contributed by atoms with van der Waals surface area (Å²) in [7, 11) is 0. The van der Waals surface area contributed by atoms with E-state index in [9.17, 15) is 0 Å². The molecule has 4 heteroatoms. The van der Waals surface area contributed by atoms with E-state index in [1.54, 1.807) is 0 Å². The molecule has 0 atom stereocenters. The SMILES string of the molecule is Clc1ccc([CH2][SnH3+2])cc1.[Cl-].[Cl-]. The van der Waals surface area contributed by atoms with Crippen molar-refractivity contribution in [1.82, 2.24) is 0 Å². The first kappa shape index (κ1) is 14.4. The van der Waals surface area contributed by atoms with Crippen molar-refractivity contribution >= 4 is 34.1 Å². The van der Waals surface area contributed by atoms with Gasteiger partial charge in [-0.1, -0.05) is 0 Å². The van der Waals surface area contributed by atoms with Gasteiger partial charge in [-0.15, -0.1) is 0 Å². The standard InChI is InChI=1S/C7H6Cl.2ClH.Sn.3H/c1-6-2-4-7(8)5-3-6;;;;;;/h2-5H,1H2;2*1H;;;;/q;;;+2;;;/p-2. The zero-order valence-electron chi connectivity index (χ0n) is 6.15. The second kappa shape index (κ2) is 7.53. The van der Waals surface area contributed by atoms with Crippen LogP contribution < -0.4 is 24.8 Å². The van der Waals surface area contributed by atoms with Crippen molar-refractivity contribution in [1.29, 1.82) is 0 Å². The second-order valence-corrected chi connectivity index (χ2v) is 4.43. The monoisotopic (exact) mass is 318 g/mol. The fourth-order valence-corrected chi connectivity index (χ4v) is 2.19. The van der Waals surface area contributed by atoms with Crippen LogP contribution in [0.5, 0.6) is 0 Å². The molecule has 1 aromatic rings. The molecule has 0 aliphatic rings. The molecule has 0 nitrogen and oxygen atoms in total. The van der Waals surface area contributed by atoms with Gasteiger partial charge in [0.25, 0.3) is 0 Å². The van der Waals surface area contributed by atoms with Crippen LogP contribution in [0.25, 0.3) is 0 Å². The third-order valence-electron chi connectivity index (χ3n) is 1.32. The molecule has 0 N–H and O–H groups in total. The van der Waals surface area contributed by atoms with Crippen molar-refractivity contribution in [3.8, 4) is 0 Å². The van der Waals surface area contributed by atoms with E-state index in [4.69, 9.17) is 11.6 Å². The van der Waals surface area contributed by atoms with Crippen LogP contribution in [0.15, 0.2) is 24.3 Å². The van der Waals surface area contributed by atoms with Crippen molar-refractivity contribution < 1.29 is 24.8 Å². The topological polar surface area (TPSA) is 0 Å². The minimum Gasteiger partial charge on any atom is -1.00 e. The Morgan fingerprint density at radius 1 is 1.09 bits per heavy atom. The van der Waals surface area contributed by atoms with Crippen molar-refractivity contribution in [3.05, 3.63) is 34.9 Å². The molecule has 1 aromatic carbocycles. The molecule has 0 saturated carbocycles. The normalized spacial score (nSPS) is 8.09. The summed E-state index contributed by atoms with van der Waals surface area (Å²) in [6.07, 6.45) is 0. The molecule has 0 aliphatic carbocycles. The molecular weight excluding hydrogens is 309 g/mol. The average molecular weight is 318 g/mol. The molecular formula is C7H9Cl3Sn. The molecule has 0 fully saturated rings. The van der Waals surface area contributed by atoms with Gasteiger partial charge >= 0.3 is 73.4 Å². The molecule has 0 aliphatic heterocycles. The summed E-state index contributed by atoms with van der Waals surface area (Å²) in [6.45, 7) is 0. The van der Waals surface area contributed by atoms with Crippen molar-refractivity contribution in [3.63, 3.8) is 0 Å². The van der Waals surface area contributed by atoms with Crippen molar-refractivity contribution in [2.24, 2.45) is 0 Å². The molecule has 11 heavy (non-hydrogen) atoms. The van der Waals surface area contributed by atoms with E-state index in [0.29, 0.717) is 0 Å². The minimum absolute atomic E-state index is 0. The maximum absolute atomic E-state index is 5.69. The van der Waals surface area contributed by atoms with Gasteiger partial charge in [-0.25, -0.2) is 0 Å². The largest absolute Gasteiger partial charge is 1.00 e. The third kappa shape index (κ3) is 5.18. The molecule has 0 heterocycles. The average Bonchev–Trinajstić information content (AvgIpc) is 1.90. The molecule has 0 unspecified atom stereocenters. The number of hydrogen-bond donors (Lipinski definition) is 0.